The van der Waals surface area contributed by atoms with Crippen LogP contribution in [0.2, 0.25) is 5.02 Å². The lowest BCUT2D eigenvalue weighted by Gasteiger charge is -2.28. The highest BCUT2D eigenvalue weighted by atomic mass is 35.5. The summed E-state index contributed by atoms with van der Waals surface area (Å²) in [5.41, 5.74) is 2.47. The molecule has 0 spiro atoms. The predicted octanol–water partition coefficient (Wildman–Crippen LogP) is 5.23. The summed E-state index contributed by atoms with van der Waals surface area (Å²) in [5, 5.41) is 10.2. The lowest BCUT2D eigenvalue weighted by atomic mass is 9.86. The zero-order chi connectivity index (χ0) is 22.8. The zero-order valence-corrected chi connectivity index (χ0v) is 20.2. The first-order chi connectivity index (χ1) is 16.2. The van der Waals surface area contributed by atoms with Gasteiger partial charge in [0, 0.05) is 35.7 Å². The molecule has 1 atom stereocenters. The summed E-state index contributed by atoms with van der Waals surface area (Å²) < 4.78 is 8.45. The van der Waals surface area contributed by atoms with Crippen LogP contribution in [0.15, 0.2) is 42.6 Å². The van der Waals surface area contributed by atoms with Crippen molar-refractivity contribution in [2.75, 3.05) is 13.1 Å². The topological polar surface area (TPSA) is 56.1 Å². The van der Waals surface area contributed by atoms with Crippen LogP contribution in [0.4, 0.5) is 0 Å². The first-order valence-corrected chi connectivity index (χ1v) is 12.6. The van der Waals surface area contributed by atoms with Crippen LogP contribution in [0.25, 0.3) is 5.69 Å². The second kappa shape index (κ2) is 9.82. The van der Waals surface area contributed by atoms with Crippen molar-refractivity contribution in [3.63, 3.8) is 0 Å². The Morgan fingerprint density at radius 1 is 1.03 bits per heavy atom. The molecule has 1 aliphatic heterocycles. The Hall–Kier alpha value is -2.44. The van der Waals surface area contributed by atoms with Crippen molar-refractivity contribution in [3.8, 4) is 11.6 Å². The minimum absolute atomic E-state index is 0.209. The van der Waals surface area contributed by atoms with E-state index in [2.05, 4.69) is 40.4 Å². The zero-order valence-electron chi connectivity index (χ0n) is 19.5. The fraction of sp³-hybridized carbons (Fsp3) is 0.500. The van der Waals surface area contributed by atoms with Crippen LogP contribution in [-0.4, -0.2) is 49.9 Å². The number of aromatic nitrogens is 4. The van der Waals surface area contributed by atoms with Crippen LogP contribution >= 0.6 is 11.6 Å². The monoisotopic (exact) mass is 465 g/mol. The lowest BCUT2D eigenvalue weighted by Crippen LogP contribution is -2.38. The Bertz CT molecular complexity index is 1070. The maximum Gasteiger partial charge on any atom is 0.213 e. The number of nitrogens with zero attached hydrogens (tertiary/aromatic N) is 5. The number of hydrogen-bond acceptors (Lipinski definition) is 5. The Balaban J connectivity index is 1.40. The Morgan fingerprint density at radius 3 is 2.58 bits per heavy atom. The molecule has 33 heavy (non-hydrogen) atoms. The van der Waals surface area contributed by atoms with E-state index in [9.17, 15) is 0 Å². The first-order valence-electron chi connectivity index (χ1n) is 12.2. The van der Waals surface area contributed by atoms with E-state index in [4.69, 9.17) is 26.5 Å². The molecule has 1 fully saturated rings. The molecule has 0 bridgehead atoms. The van der Waals surface area contributed by atoms with Crippen LogP contribution in [0.1, 0.15) is 62.7 Å². The maximum atomic E-state index is 6.42. The summed E-state index contributed by atoms with van der Waals surface area (Å²) in [6, 6.07) is 12.5. The van der Waals surface area contributed by atoms with Crippen LogP contribution < -0.4 is 4.74 Å². The second-order valence-electron chi connectivity index (χ2n) is 9.13. The Labute approximate surface area is 201 Å². The fourth-order valence-electron chi connectivity index (χ4n) is 5.49. The fourth-order valence-corrected chi connectivity index (χ4v) is 5.68. The SMILES string of the molecule is CCN(CC)[C@H]1Cc2cc(Cl)ccc2-n2c(nnc2[C@H]2CC[C@H](Oc3ccccn3)CC2)C1. The minimum Gasteiger partial charge on any atom is -0.474 e. The summed E-state index contributed by atoms with van der Waals surface area (Å²) in [4.78, 5) is 6.84. The molecular formula is C26H32ClN5O. The van der Waals surface area contributed by atoms with Gasteiger partial charge in [0.2, 0.25) is 5.88 Å². The third-order valence-corrected chi connectivity index (χ3v) is 7.44. The van der Waals surface area contributed by atoms with Crippen molar-refractivity contribution >= 4 is 11.6 Å². The standard InChI is InChI=1S/C26H32ClN5O/c1-3-31(4-2)21-16-19-15-20(27)10-13-23(19)32-24(17-21)29-30-26(32)18-8-11-22(12-9-18)33-25-7-5-6-14-28-25/h5-7,10,13-15,18,21-22H,3-4,8-9,11-12,16-17H2,1-2H3/t18-,21-,22-/m0/s1. The molecular weight excluding hydrogens is 434 g/mol. The highest BCUT2D eigenvalue weighted by Gasteiger charge is 2.32. The molecule has 0 N–H and O–H groups in total. The van der Waals surface area contributed by atoms with Crippen molar-refractivity contribution in [2.45, 2.75) is 70.4 Å². The normalized spacial score (nSPS) is 22.5. The quantitative estimate of drug-likeness (QED) is 0.499. The van der Waals surface area contributed by atoms with E-state index >= 15 is 0 Å². The van der Waals surface area contributed by atoms with E-state index in [0.717, 1.165) is 68.3 Å². The smallest absolute Gasteiger partial charge is 0.213 e. The molecule has 0 amide bonds. The molecule has 1 aromatic carbocycles. The van der Waals surface area contributed by atoms with Gasteiger partial charge in [-0.1, -0.05) is 31.5 Å². The lowest BCUT2D eigenvalue weighted by molar-refractivity contribution is 0.139. The number of pyridine rings is 1. The van der Waals surface area contributed by atoms with Gasteiger partial charge in [0.25, 0.3) is 0 Å². The predicted molar refractivity (Wildman–Crippen MR) is 130 cm³/mol. The van der Waals surface area contributed by atoms with Crippen molar-refractivity contribution in [3.05, 3.63) is 64.8 Å². The van der Waals surface area contributed by atoms with Gasteiger partial charge in [-0.2, -0.15) is 0 Å². The Kier molecular flexibility index (Phi) is 6.65. The van der Waals surface area contributed by atoms with E-state index in [-0.39, 0.29) is 6.10 Å². The van der Waals surface area contributed by atoms with Gasteiger partial charge in [0.1, 0.15) is 17.8 Å². The molecule has 7 heteroatoms. The van der Waals surface area contributed by atoms with Crippen LogP contribution in [0.5, 0.6) is 5.88 Å². The maximum absolute atomic E-state index is 6.42. The number of halogens is 1. The van der Waals surface area contributed by atoms with Gasteiger partial charge >= 0.3 is 0 Å². The average Bonchev–Trinajstić information content (AvgIpc) is 3.17. The molecule has 6 nitrogen and oxygen atoms in total. The number of ether oxygens (including phenoxy) is 1. The molecule has 1 saturated carbocycles. The van der Waals surface area contributed by atoms with Crippen LogP contribution in [0, 0.1) is 0 Å². The van der Waals surface area contributed by atoms with Crippen molar-refractivity contribution in [1.82, 2.24) is 24.6 Å². The van der Waals surface area contributed by atoms with Gasteiger partial charge in [0.15, 0.2) is 0 Å². The third kappa shape index (κ3) is 4.64. The van der Waals surface area contributed by atoms with E-state index in [1.165, 1.54) is 11.3 Å². The third-order valence-electron chi connectivity index (χ3n) is 7.20. The number of fused-ring (bicyclic) bond motifs is 3. The Morgan fingerprint density at radius 2 is 1.85 bits per heavy atom. The van der Waals surface area contributed by atoms with Crippen LogP contribution in [0.3, 0.4) is 0 Å². The summed E-state index contributed by atoms with van der Waals surface area (Å²) in [6.07, 6.45) is 7.94. The van der Waals surface area contributed by atoms with Crippen molar-refractivity contribution in [2.24, 2.45) is 0 Å². The molecule has 0 radical (unpaired) electrons. The van der Waals surface area contributed by atoms with Gasteiger partial charge < -0.3 is 9.64 Å². The number of likely N-dealkylation sites (N-methyl/N-ethyl adjacent to an activating group) is 1. The van der Waals surface area contributed by atoms with E-state index < -0.39 is 0 Å². The first kappa shape index (κ1) is 22.4. The number of hydrogen-bond donors (Lipinski definition) is 0. The van der Waals surface area contributed by atoms with Gasteiger partial charge in [0.05, 0.1) is 5.69 Å². The minimum atomic E-state index is 0.209. The molecule has 3 aromatic rings. The summed E-state index contributed by atoms with van der Waals surface area (Å²) in [5.74, 6) is 3.24. The molecule has 2 aliphatic rings. The molecule has 174 valence electrons. The summed E-state index contributed by atoms with van der Waals surface area (Å²) >= 11 is 6.42. The molecule has 3 heterocycles. The van der Waals surface area contributed by atoms with E-state index in [1.807, 2.05) is 24.3 Å². The average molecular weight is 466 g/mol. The number of rotatable bonds is 6. The molecule has 2 aromatic heterocycles. The molecule has 1 aliphatic carbocycles. The largest absolute Gasteiger partial charge is 0.474 e. The highest BCUT2D eigenvalue weighted by molar-refractivity contribution is 6.30. The second-order valence-corrected chi connectivity index (χ2v) is 9.56. The van der Waals surface area contributed by atoms with Gasteiger partial charge in [-0.25, -0.2) is 4.98 Å². The van der Waals surface area contributed by atoms with E-state index in [1.54, 1.807) is 6.20 Å². The molecule has 0 unspecified atom stereocenters. The summed E-state index contributed by atoms with van der Waals surface area (Å²) in [7, 11) is 0. The van der Waals surface area contributed by atoms with Crippen molar-refractivity contribution < 1.29 is 4.74 Å². The van der Waals surface area contributed by atoms with Gasteiger partial charge in [-0.05, 0) is 75.0 Å². The van der Waals surface area contributed by atoms with Crippen molar-refractivity contribution in [1.29, 1.82) is 0 Å². The van der Waals surface area contributed by atoms with Crippen LogP contribution in [-0.2, 0) is 12.8 Å². The van der Waals surface area contributed by atoms with E-state index in [0.29, 0.717) is 17.8 Å². The molecule has 0 saturated heterocycles. The molecule has 5 rings (SSSR count). The van der Waals surface area contributed by atoms with Gasteiger partial charge in [-0.3, -0.25) is 4.57 Å². The summed E-state index contributed by atoms with van der Waals surface area (Å²) in [6.45, 7) is 6.51. The van der Waals surface area contributed by atoms with Gasteiger partial charge in [-0.15, -0.1) is 10.2 Å². The number of benzene rings is 1. The highest BCUT2D eigenvalue weighted by Crippen LogP contribution is 2.37.